The van der Waals surface area contributed by atoms with E-state index in [0.717, 1.165) is 50.3 Å². The number of carbonyl (C=O) groups is 2. The number of nitrogens with one attached hydrogen (secondary N) is 1. The number of amides is 2. The van der Waals surface area contributed by atoms with Gasteiger partial charge in [0.05, 0.1) is 11.4 Å². The van der Waals surface area contributed by atoms with Crippen molar-refractivity contribution >= 4 is 23.2 Å². The van der Waals surface area contributed by atoms with Crippen molar-refractivity contribution in [2.45, 2.75) is 39.2 Å². The maximum atomic E-state index is 12.3. The van der Waals surface area contributed by atoms with Gasteiger partial charge < -0.3 is 14.7 Å². The van der Waals surface area contributed by atoms with Crippen LogP contribution in [-0.2, 0) is 16.1 Å². The summed E-state index contributed by atoms with van der Waals surface area (Å²) in [5.41, 5.74) is 0. The first kappa shape index (κ1) is 20.5. The van der Waals surface area contributed by atoms with E-state index in [-0.39, 0.29) is 11.8 Å². The second kappa shape index (κ2) is 10.3. The molecule has 2 aromatic heterocycles. The van der Waals surface area contributed by atoms with Gasteiger partial charge in [0.2, 0.25) is 11.8 Å². The van der Waals surface area contributed by atoms with Crippen molar-refractivity contribution in [3.8, 4) is 10.8 Å². The average Bonchev–Trinajstić information content (AvgIpc) is 3.36. The number of hydrogen-bond acceptors (Lipinski definition) is 7. The molecule has 1 aliphatic heterocycles. The average molecular weight is 406 g/mol. The van der Waals surface area contributed by atoms with Gasteiger partial charge in [-0.15, -0.1) is 11.3 Å². The van der Waals surface area contributed by atoms with Gasteiger partial charge in [-0.25, -0.2) is 0 Å². The van der Waals surface area contributed by atoms with Gasteiger partial charge in [-0.2, -0.15) is 4.98 Å². The molecule has 0 bridgehead atoms. The van der Waals surface area contributed by atoms with E-state index in [9.17, 15) is 9.59 Å². The first-order valence-corrected chi connectivity index (χ1v) is 10.6. The predicted molar refractivity (Wildman–Crippen MR) is 107 cm³/mol. The minimum Gasteiger partial charge on any atom is -0.356 e. The Morgan fingerprint density at radius 2 is 2.04 bits per heavy atom. The number of unbranched alkanes of at least 4 members (excludes halogenated alkanes) is 2. The number of piperazine rings is 1. The van der Waals surface area contributed by atoms with Crippen LogP contribution in [0.2, 0.25) is 0 Å². The number of rotatable bonds is 9. The van der Waals surface area contributed by atoms with Crippen LogP contribution in [0.5, 0.6) is 0 Å². The summed E-state index contributed by atoms with van der Waals surface area (Å²) in [5.74, 6) is 1.47. The summed E-state index contributed by atoms with van der Waals surface area (Å²) in [4.78, 5) is 32.8. The number of aromatic nitrogens is 2. The highest BCUT2D eigenvalue weighted by Gasteiger charge is 2.22. The molecule has 1 fully saturated rings. The van der Waals surface area contributed by atoms with Crippen molar-refractivity contribution in [1.82, 2.24) is 25.3 Å². The molecule has 0 saturated carbocycles. The fourth-order valence-electron chi connectivity index (χ4n) is 3.17. The second-order valence-corrected chi connectivity index (χ2v) is 7.89. The van der Waals surface area contributed by atoms with Crippen molar-refractivity contribution in [2.24, 2.45) is 0 Å². The molecule has 0 aromatic carbocycles. The first-order chi connectivity index (χ1) is 13.6. The van der Waals surface area contributed by atoms with Crippen molar-refractivity contribution in [1.29, 1.82) is 0 Å². The molecule has 1 N–H and O–H groups in total. The van der Waals surface area contributed by atoms with Gasteiger partial charge in [-0.1, -0.05) is 17.6 Å². The zero-order valence-corrected chi connectivity index (χ0v) is 17.0. The van der Waals surface area contributed by atoms with Gasteiger partial charge >= 0.3 is 0 Å². The molecular weight excluding hydrogens is 378 g/mol. The molecule has 28 heavy (non-hydrogen) atoms. The van der Waals surface area contributed by atoms with Crippen molar-refractivity contribution in [3.05, 3.63) is 23.3 Å². The normalized spacial score (nSPS) is 15.0. The zero-order valence-electron chi connectivity index (χ0n) is 16.2. The molecule has 1 aliphatic rings. The molecule has 3 rings (SSSR count). The van der Waals surface area contributed by atoms with E-state index in [0.29, 0.717) is 31.2 Å². The van der Waals surface area contributed by atoms with Crippen LogP contribution in [0.3, 0.4) is 0 Å². The smallest absolute Gasteiger partial charge is 0.268 e. The topological polar surface area (TPSA) is 91.6 Å². The minimum atomic E-state index is -0.00230. The summed E-state index contributed by atoms with van der Waals surface area (Å²) in [6.45, 7) is 5.95. The molecule has 9 heteroatoms. The molecule has 8 nitrogen and oxygen atoms in total. The third-order valence-electron chi connectivity index (χ3n) is 4.73. The number of nitrogens with zero attached hydrogens (tertiary/aromatic N) is 4. The van der Waals surface area contributed by atoms with Crippen LogP contribution >= 0.6 is 11.3 Å². The third kappa shape index (κ3) is 6.13. The lowest BCUT2D eigenvalue weighted by Crippen LogP contribution is -2.48. The Morgan fingerprint density at radius 3 is 2.75 bits per heavy atom. The predicted octanol–water partition coefficient (Wildman–Crippen LogP) is 2.14. The lowest BCUT2D eigenvalue weighted by molar-refractivity contribution is -0.133. The quantitative estimate of drug-likeness (QED) is 0.643. The summed E-state index contributed by atoms with van der Waals surface area (Å²) < 4.78 is 5.33. The Kier molecular flexibility index (Phi) is 7.55. The summed E-state index contributed by atoms with van der Waals surface area (Å²) in [6, 6.07) is 3.93. The van der Waals surface area contributed by atoms with E-state index in [2.05, 4.69) is 20.4 Å². The molecule has 2 amide bonds. The summed E-state index contributed by atoms with van der Waals surface area (Å²) in [7, 11) is 0. The summed E-state index contributed by atoms with van der Waals surface area (Å²) in [5, 5.41) is 8.83. The van der Waals surface area contributed by atoms with Crippen LogP contribution < -0.4 is 5.32 Å². The Hall–Kier alpha value is -2.26. The molecule has 3 heterocycles. The molecule has 1 saturated heterocycles. The zero-order chi connectivity index (χ0) is 19.8. The monoisotopic (exact) mass is 405 g/mol. The molecule has 0 atom stereocenters. The van der Waals surface area contributed by atoms with Crippen LogP contribution in [0, 0.1) is 0 Å². The van der Waals surface area contributed by atoms with Crippen molar-refractivity contribution in [3.63, 3.8) is 0 Å². The second-order valence-electron chi connectivity index (χ2n) is 6.94. The number of thiophene rings is 1. The highest BCUT2D eigenvalue weighted by Crippen LogP contribution is 2.22. The SMILES string of the molecule is CC(=O)NCCCCCC(=O)N1CCN(Cc2noc(-c3cccs3)n2)CC1. The van der Waals surface area contributed by atoms with Crippen LogP contribution in [-0.4, -0.2) is 64.5 Å². The summed E-state index contributed by atoms with van der Waals surface area (Å²) >= 11 is 1.58. The molecule has 0 aliphatic carbocycles. The van der Waals surface area contributed by atoms with E-state index in [1.807, 2.05) is 22.4 Å². The highest BCUT2D eigenvalue weighted by atomic mass is 32.1. The van der Waals surface area contributed by atoms with Gasteiger partial charge in [0.25, 0.3) is 5.89 Å². The first-order valence-electron chi connectivity index (χ1n) is 9.73. The number of hydrogen-bond donors (Lipinski definition) is 1. The maximum Gasteiger partial charge on any atom is 0.268 e. The van der Waals surface area contributed by atoms with Crippen molar-refractivity contribution in [2.75, 3.05) is 32.7 Å². The largest absolute Gasteiger partial charge is 0.356 e. The lowest BCUT2D eigenvalue weighted by Gasteiger charge is -2.34. The molecular formula is C19H27N5O3S. The van der Waals surface area contributed by atoms with Gasteiger partial charge in [0, 0.05) is 46.1 Å². The van der Waals surface area contributed by atoms with Gasteiger partial charge in [-0.3, -0.25) is 14.5 Å². The Labute approximate surface area is 168 Å². The Balaban J connectivity index is 1.33. The van der Waals surface area contributed by atoms with E-state index in [1.54, 1.807) is 11.3 Å². The molecule has 2 aromatic rings. The Bertz CT molecular complexity index is 753. The van der Waals surface area contributed by atoms with E-state index >= 15 is 0 Å². The van der Waals surface area contributed by atoms with Gasteiger partial charge in [0.1, 0.15) is 0 Å². The lowest BCUT2D eigenvalue weighted by atomic mass is 10.1. The fourth-order valence-corrected chi connectivity index (χ4v) is 3.82. The molecule has 0 unspecified atom stereocenters. The van der Waals surface area contributed by atoms with Gasteiger partial charge in [-0.05, 0) is 24.3 Å². The van der Waals surface area contributed by atoms with E-state index in [1.165, 1.54) is 6.92 Å². The number of carbonyl (C=O) groups excluding carboxylic acids is 2. The summed E-state index contributed by atoms with van der Waals surface area (Å²) in [6.07, 6.45) is 3.32. The van der Waals surface area contributed by atoms with Crippen LogP contribution in [0.25, 0.3) is 10.8 Å². The van der Waals surface area contributed by atoms with Crippen LogP contribution in [0.4, 0.5) is 0 Å². The van der Waals surface area contributed by atoms with Crippen LogP contribution in [0.1, 0.15) is 38.4 Å². The van der Waals surface area contributed by atoms with E-state index in [4.69, 9.17) is 4.52 Å². The third-order valence-corrected chi connectivity index (χ3v) is 5.59. The highest BCUT2D eigenvalue weighted by molar-refractivity contribution is 7.13. The van der Waals surface area contributed by atoms with Crippen LogP contribution in [0.15, 0.2) is 22.0 Å². The maximum absolute atomic E-state index is 12.3. The molecule has 0 radical (unpaired) electrons. The molecule has 152 valence electrons. The van der Waals surface area contributed by atoms with Gasteiger partial charge in [0.15, 0.2) is 5.82 Å². The Morgan fingerprint density at radius 1 is 1.21 bits per heavy atom. The fraction of sp³-hybridized carbons (Fsp3) is 0.579. The van der Waals surface area contributed by atoms with Crippen molar-refractivity contribution < 1.29 is 14.1 Å². The standard InChI is InChI=1S/C19H27N5O3S/c1-15(25)20-8-4-2-3-7-18(26)24-11-9-23(10-12-24)14-17-21-19(27-22-17)16-6-5-13-28-16/h5-6,13H,2-4,7-12,14H2,1H3,(H,20,25). The minimum absolute atomic E-state index is 0.00230. The molecule has 0 spiro atoms. The van der Waals surface area contributed by atoms with E-state index < -0.39 is 0 Å².